The van der Waals surface area contributed by atoms with Crippen molar-refractivity contribution in [3.63, 3.8) is 0 Å². The molecule has 0 saturated carbocycles. The van der Waals surface area contributed by atoms with E-state index in [2.05, 4.69) is 5.32 Å². The van der Waals surface area contributed by atoms with Crippen molar-refractivity contribution in [2.45, 2.75) is 45.1 Å². The molecule has 0 spiro atoms. The minimum Gasteiger partial charge on any atom is -0.394 e. The molecule has 108 valence electrons. The van der Waals surface area contributed by atoms with Crippen LogP contribution < -0.4 is 5.32 Å². The molecule has 18 heavy (non-hydrogen) atoms. The van der Waals surface area contributed by atoms with Gasteiger partial charge in [0.2, 0.25) is 5.91 Å². The number of aliphatic hydroxyl groups is 5. The van der Waals surface area contributed by atoms with E-state index in [0.717, 1.165) is 0 Å². The quantitative estimate of drug-likeness (QED) is 0.317. The predicted molar refractivity (Wildman–Crippen MR) is 63.6 cm³/mol. The smallest absolute Gasteiger partial charge is 0.225 e. The summed E-state index contributed by atoms with van der Waals surface area (Å²) in [5.74, 6) is -0.411. The largest absolute Gasteiger partial charge is 0.394 e. The number of hydrogen-bond acceptors (Lipinski definition) is 6. The van der Waals surface area contributed by atoms with Crippen LogP contribution in [-0.2, 0) is 4.79 Å². The monoisotopic (exact) mass is 265 g/mol. The molecule has 0 aliphatic rings. The minimum absolute atomic E-state index is 0.411. The van der Waals surface area contributed by atoms with Crippen LogP contribution in [0, 0.1) is 5.41 Å². The molecule has 0 aromatic carbocycles. The molecule has 7 heteroatoms. The molecule has 0 heterocycles. The Morgan fingerprint density at radius 1 is 1.06 bits per heavy atom. The molecule has 4 unspecified atom stereocenters. The fourth-order valence-corrected chi connectivity index (χ4v) is 1.20. The first-order chi connectivity index (χ1) is 8.15. The van der Waals surface area contributed by atoms with Crippen LogP contribution in [0.3, 0.4) is 0 Å². The topological polar surface area (TPSA) is 130 Å². The van der Waals surface area contributed by atoms with Gasteiger partial charge in [0.25, 0.3) is 0 Å². The van der Waals surface area contributed by atoms with Gasteiger partial charge in [-0.15, -0.1) is 0 Å². The summed E-state index contributed by atoms with van der Waals surface area (Å²) in [6, 6.07) is -1.12. The van der Waals surface area contributed by atoms with Gasteiger partial charge < -0.3 is 30.8 Å². The maximum absolute atomic E-state index is 11.7. The van der Waals surface area contributed by atoms with E-state index >= 15 is 0 Å². The summed E-state index contributed by atoms with van der Waals surface area (Å²) in [4.78, 5) is 11.7. The highest BCUT2D eigenvalue weighted by molar-refractivity contribution is 5.81. The maximum atomic E-state index is 11.7. The van der Waals surface area contributed by atoms with Crippen molar-refractivity contribution in [1.29, 1.82) is 0 Å². The highest BCUT2D eigenvalue weighted by Crippen LogP contribution is 2.14. The maximum Gasteiger partial charge on any atom is 0.225 e. The van der Waals surface area contributed by atoms with E-state index in [1.54, 1.807) is 20.8 Å². The first kappa shape index (κ1) is 17.3. The van der Waals surface area contributed by atoms with Crippen molar-refractivity contribution in [3.05, 3.63) is 0 Å². The Balaban J connectivity index is 4.63. The van der Waals surface area contributed by atoms with Crippen molar-refractivity contribution in [1.82, 2.24) is 5.32 Å². The number of aliphatic hydroxyl groups excluding tert-OH is 5. The van der Waals surface area contributed by atoms with Gasteiger partial charge in [-0.25, -0.2) is 0 Å². The van der Waals surface area contributed by atoms with E-state index in [0.29, 0.717) is 0 Å². The second kappa shape index (κ2) is 7.01. The summed E-state index contributed by atoms with van der Waals surface area (Å²) in [6.07, 6.45) is -4.78. The second-order valence-electron chi connectivity index (χ2n) is 5.24. The van der Waals surface area contributed by atoms with Crippen LogP contribution in [0.4, 0.5) is 0 Å². The lowest BCUT2D eigenvalue weighted by Gasteiger charge is -2.30. The van der Waals surface area contributed by atoms with Gasteiger partial charge >= 0.3 is 0 Å². The lowest BCUT2D eigenvalue weighted by atomic mass is 9.94. The summed E-state index contributed by atoms with van der Waals surface area (Å²) >= 11 is 0. The molecular formula is C11H23NO6. The van der Waals surface area contributed by atoms with Crippen LogP contribution >= 0.6 is 0 Å². The van der Waals surface area contributed by atoms with E-state index < -0.39 is 48.9 Å². The second-order valence-corrected chi connectivity index (χ2v) is 5.24. The molecule has 0 aliphatic carbocycles. The number of amides is 1. The van der Waals surface area contributed by atoms with Gasteiger partial charge in [0, 0.05) is 5.41 Å². The molecule has 0 aromatic heterocycles. The molecule has 1 amide bonds. The van der Waals surface area contributed by atoms with E-state index in [4.69, 9.17) is 10.2 Å². The number of hydrogen-bond donors (Lipinski definition) is 6. The molecule has 0 rings (SSSR count). The number of nitrogens with one attached hydrogen (secondary N) is 1. The normalized spacial score (nSPS) is 18.9. The van der Waals surface area contributed by atoms with Crippen LogP contribution in [0.1, 0.15) is 20.8 Å². The van der Waals surface area contributed by atoms with E-state index in [1.807, 2.05) is 0 Å². The Kier molecular flexibility index (Phi) is 6.72. The average Bonchev–Trinajstić information content (AvgIpc) is 2.31. The molecule has 0 bridgehead atoms. The SMILES string of the molecule is CC(C)(C)C(=O)NC(CO)C(O)C(O)C(O)CO. The number of rotatable bonds is 6. The van der Waals surface area contributed by atoms with Gasteiger partial charge in [0.1, 0.15) is 18.3 Å². The lowest BCUT2D eigenvalue weighted by Crippen LogP contribution is -2.55. The summed E-state index contributed by atoms with van der Waals surface area (Å²) in [7, 11) is 0. The third-order valence-electron chi connectivity index (χ3n) is 2.54. The van der Waals surface area contributed by atoms with Gasteiger partial charge in [-0.3, -0.25) is 4.79 Å². The molecule has 0 aliphatic heterocycles. The molecule has 0 saturated heterocycles. The van der Waals surface area contributed by atoms with Crippen molar-refractivity contribution in [3.8, 4) is 0 Å². The van der Waals surface area contributed by atoms with E-state index in [1.165, 1.54) is 0 Å². The van der Waals surface area contributed by atoms with Gasteiger partial charge in [-0.1, -0.05) is 20.8 Å². The Hall–Kier alpha value is -0.730. The Bertz CT molecular complexity index is 265. The first-order valence-electron chi connectivity index (χ1n) is 5.72. The van der Waals surface area contributed by atoms with Crippen molar-refractivity contribution < 1.29 is 30.3 Å². The van der Waals surface area contributed by atoms with Crippen molar-refractivity contribution in [2.75, 3.05) is 13.2 Å². The number of carbonyl (C=O) groups excluding carboxylic acids is 1. The molecule has 6 N–H and O–H groups in total. The van der Waals surface area contributed by atoms with Gasteiger partial charge in [0.15, 0.2) is 0 Å². The lowest BCUT2D eigenvalue weighted by molar-refractivity contribution is -0.133. The molecule has 0 fully saturated rings. The summed E-state index contributed by atoms with van der Waals surface area (Å²) in [6.45, 7) is 3.63. The Morgan fingerprint density at radius 2 is 1.56 bits per heavy atom. The van der Waals surface area contributed by atoms with Crippen molar-refractivity contribution in [2.24, 2.45) is 5.41 Å². The molecular weight excluding hydrogens is 242 g/mol. The highest BCUT2D eigenvalue weighted by atomic mass is 16.4. The highest BCUT2D eigenvalue weighted by Gasteiger charge is 2.33. The van der Waals surface area contributed by atoms with Crippen LogP contribution in [0.5, 0.6) is 0 Å². The average molecular weight is 265 g/mol. The molecule has 0 radical (unpaired) electrons. The van der Waals surface area contributed by atoms with E-state index in [-0.39, 0.29) is 0 Å². The first-order valence-corrected chi connectivity index (χ1v) is 5.72. The zero-order chi connectivity index (χ0) is 14.5. The van der Waals surface area contributed by atoms with Gasteiger partial charge in [-0.2, -0.15) is 0 Å². The van der Waals surface area contributed by atoms with Gasteiger partial charge in [0.05, 0.1) is 19.3 Å². The molecule has 4 atom stereocenters. The Labute approximate surface area is 106 Å². The fourth-order valence-electron chi connectivity index (χ4n) is 1.20. The van der Waals surface area contributed by atoms with Crippen LogP contribution in [0.2, 0.25) is 0 Å². The summed E-state index contributed by atoms with van der Waals surface area (Å²) in [5, 5.41) is 48.5. The zero-order valence-electron chi connectivity index (χ0n) is 10.9. The number of carbonyl (C=O) groups is 1. The fraction of sp³-hybridized carbons (Fsp3) is 0.909. The third-order valence-corrected chi connectivity index (χ3v) is 2.54. The summed E-state index contributed by atoms with van der Waals surface area (Å²) in [5.41, 5.74) is -0.715. The molecule has 7 nitrogen and oxygen atoms in total. The third kappa shape index (κ3) is 4.87. The molecule has 0 aromatic rings. The van der Waals surface area contributed by atoms with Crippen LogP contribution in [-0.4, -0.2) is 69.0 Å². The van der Waals surface area contributed by atoms with Gasteiger partial charge in [-0.05, 0) is 0 Å². The minimum atomic E-state index is -1.66. The Morgan fingerprint density at radius 3 is 1.89 bits per heavy atom. The standard InChI is InChI=1S/C11H23NO6/c1-11(2,3)10(18)12-6(4-13)8(16)9(17)7(15)5-14/h6-9,13-17H,4-5H2,1-3H3,(H,12,18). The van der Waals surface area contributed by atoms with Crippen LogP contribution in [0.15, 0.2) is 0 Å². The van der Waals surface area contributed by atoms with Crippen molar-refractivity contribution >= 4 is 5.91 Å². The summed E-state index contributed by atoms with van der Waals surface area (Å²) < 4.78 is 0. The predicted octanol–water partition coefficient (Wildman–Crippen LogP) is -2.42. The zero-order valence-corrected chi connectivity index (χ0v) is 10.9. The van der Waals surface area contributed by atoms with Crippen LogP contribution in [0.25, 0.3) is 0 Å². The van der Waals surface area contributed by atoms with E-state index in [9.17, 15) is 20.1 Å².